The van der Waals surface area contributed by atoms with Crippen molar-refractivity contribution in [2.45, 2.75) is 38.6 Å². The van der Waals surface area contributed by atoms with E-state index in [1.807, 2.05) is 35.2 Å². The Balaban J connectivity index is 1.74. The normalized spacial score (nSPS) is 14.9. The van der Waals surface area contributed by atoms with Crippen molar-refractivity contribution in [3.63, 3.8) is 0 Å². The summed E-state index contributed by atoms with van der Waals surface area (Å²) in [5.41, 5.74) is 0. The molecule has 2 rings (SSSR count). The summed E-state index contributed by atoms with van der Waals surface area (Å²) in [6.45, 7) is 2.75. The van der Waals surface area contributed by atoms with Gasteiger partial charge in [-0.1, -0.05) is 25.1 Å². The maximum absolute atomic E-state index is 12.4. The zero-order valence-corrected chi connectivity index (χ0v) is 13.9. The van der Waals surface area contributed by atoms with E-state index in [1.54, 1.807) is 6.92 Å². The molecule has 23 heavy (non-hydrogen) atoms. The smallest absolute Gasteiger partial charge is 0.310 e. The number of amides is 1. The Kier molecular flexibility index (Phi) is 6.44. The highest BCUT2D eigenvalue weighted by Crippen LogP contribution is 2.28. The molecule has 1 aromatic carbocycles. The quantitative estimate of drug-likeness (QED) is 0.519. The van der Waals surface area contributed by atoms with E-state index in [-0.39, 0.29) is 17.8 Å². The summed E-state index contributed by atoms with van der Waals surface area (Å²) in [5.74, 6) is 0.360. The first-order valence-corrected chi connectivity index (χ1v) is 8.17. The second-order valence-electron chi connectivity index (χ2n) is 5.97. The Labute approximate surface area is 137 Å². The minimum Gasteiger partial charge on any atom is -0.494 e. The summed E-state index contributed by atoms with van der Waals surface area (Å²) in [4.78, 5) is 25.8. The van der Waals surface area contributed by atoms with E-state index in [1.165, 1.54) is 7.11 Å². The van der Waals surface area contributed by atoms with Gasteiger partial charge in [0.25, 0.3) is 0 Å². The Morgan fingerprint density at radius 3 is 2.57 bits per heavy atom. The molecule has 0 heterocycles. The number of methoxy groups -OCH3 is 1. The molecule has 1 saturated carbocycles. The predicted molar refractivity (Wildman–Crippen MR) is 87.1 cm³/mol. The number of hydrogen-bond acceptors (Lipinski definition) is 4. The maximum Gasteiger partial charge on any atom is 0.310 e. The summed E-state index contributed by atoms with van der Waals surface area (Å²) in [6.07, 6.45) is 3.17. The van der Waals surface area contributed by atoms with E-state index in [0.29, 0.717) is 32.0 Å². The monoisotopic (exact) mass is 319 g/mol. The van der Waals surface area contributed by atoms with Gasteiger partial charge in [-0.3, -0.25) is 9.59 Å². The van der Waals surface area contributed by atoms with Crippen LogP contribution in [0.4, 0.5) is 0 Å². The molecule has 1 fully saturated rings. The molecule has 5 nitrogen and oxygen atoms in total. The Bertz CT molecular complexity index is 513. The van der Waals surface area contributed by atoms with Crippen LogP contribution in [0.3, 0.4) is 0 Å². The van der Waals surface area contributed by atoms with Crippen LogP contribution >= 0.6 is 0 Å². The highest BCUT2D eigenvalue weighted by atomic mass is 16.5. The van der Waals surface area contributed by atoms with Crippen molar-refractivity contribution in [3.8, 4) is 5.75 Å². The largest absolute Gasteiger partial charge is 0.494 e. The third-order valence-corrected chi connectivity index (χ3v) is 3.93. The second kappa shape index (κ2) is 8.56. The first-order chi connectivity index (χ1) is 11.1. The van der Waals surface area contributed by atoms with E-state index in [4.69, 9.17) is 9.47 Å². The minimum absolute atomic E-state index is 0.0971. The molecule has 1 unspecified atom stereocenters. The molecule has 0 spiro atoms. The number of benzene rings is 1. The average Bonchev–Trinajstić information content (AvgIpc) is 3.41. The van der Waals surface area contributed by atoms with Crippen LogP contribution in [0.5, 0.6) is 5.75 Å². The highest BCUT2D eigenvalue weighted by Gasteiger charge is 2.34. The van der Waals surface area contributed by atoms with Gasteiger partial charge < -0.3 is 14.4 Å². The molecular formula is C18H25NO4. The first kappa shape index (κ1) is 17.3. The molecule has 0 N–H and O–H groups in total. The number of esters is 1. The molecule has 0 aromatic heterocycles. The van der Waals surface area contributed by atoms with Gasteiger partial charge in [0.05, 0.1) is 19.6 Å². The molecule has 0 bridgehead atoms. The lowest BCUT2D eigenvalue weighted by molar-refractivity contribution is -0.146. The number of ether oxygens (including phenoxy) is 2. The Morgan fingerprint density at radius 2 is 1.96 bits per heavy atom. The summed E-state index contributed by atoms with van der Waals surface area (Å²) < 4.78 is 10.3. The van der Waals surface area contributed by atoms with E-state index < -0.39 is 0 Å². The summed E-state index contributed by atoms with van der Waals surface area (Å²) in [6, 6.07) is 9.87. The van der Waals surface area contributed by atoms with Gasteiger partial charge in [-0.05, 0) is 31.4 Å². The molecule has 1 aromatic rings. The SMILES string of the molecule is COC(=O)C(C)CN(C(=O)CCCOc1ccccc1)C1CC1. The summed E-state index contributed by atoms with van der Waals surface area (Å²) >= 11 is 0. The Morgan fingerprint density at radius 1 is 1.26 bits per heavy atom. The van der Waals surface area contributed by atoms with Crippen LogP contribution in [0.25, 0.3) is 0 Å². The lowest BCUT2D eigenvalue weighted by Crippen LogP contribution is -2.38. The van der Waals surface area contributed by atoms with E-state index in [0.717, 1.165) is 18.6 Å². The van der Waals surface area contributed by atoms with Crippen molar-refractivity contribution < 1.29 is 19.1 Å². The van der Waals surface area contributed by atoms with Crippen LogP contribution in [0.15, 0.2) is 30.3 Å². The van der Waals surface area contributed by atoms with Crippen LogP contribution < -0.4 is 4.74 Å². The molecule has 0 saturated heterocycles. The Hall–Kier alpha value is -2.04. The van der Waals surface area contributed by atoms with Gasteiger partial charge >= 0.3 is 5.97 Å². The van der Waals surface area contributed by atoms with Crippen molar-refractivity contribution in [1.29, 1.82) is 0 Å². The molecule has 5 heteroatoms. The average molecular weight is 319 g/mol. The fraction of sp³-hybridized carbons (Fsp3) is 0.556. The zero-order valence-electron chi connectivity index (χ0n) is 13.9. The molecule has 1 atom stereocenters. The van der Waals surface area contributed by atoms with Crippen molar-refractivity contribution in [2.75, 3.05) is 20.3 Å². The van der Waals surface area contributed by atoms with Gasteiger partial charge in [-0.25, -0.2) is 0 Å². The van der Waals surface area contributed by atoms with Crippen LogP contribution in [0, 0.1) is 5.92 Å². The molecule has 1 amide bonds. The van der Waals surface area contributed by atoms with Crippen LogP contribution in [0.2, 0.25) is 0 Å². The standard InChI is InChI=1S/C18H25NO4/c1-14(18(21)22-2)13-19(15-10-11-15)17(20)9-6-12-23-16-7-4-3-5-8-16/h3-5,7-8,14-15H,6,9-13H2,1-2H3. The van der Waals surface area contributed by atoms with E-state index in [2.05, 4.69) is 0 Å². The predicted octanol–water partition coefficient (Wildman–Crippen LogP) is 2.65. The number of nitrogens with zero attached hydrogens (tertiary/aromatic N) is 1. The third kappa shape index (κ3) is 5.58. The lowest BCUT2D eigenvalue weighted by atomic mass is 10.1. The van der Waals surface area contributed by atoms with Crippen molar-refractivity contribution in [3.05, 3.63) is 30.3 Å². The third-order valence-electron chi connectivity index (χ3n) is 3.93. The van der Waals surface area contributed by atoms with Crippen molar-refractivity contribution in [1.82, 2.24) is 4.90 Å². The highest BCUT2D eigenvalue weighted by molar-refractivity contribution is 5.78. The van der Waals surface area contributed by atoms with Gasteiger partial charge in [0, 0.05) is 19.0 Å². The van der Waals surface area contributed by atoms with Gasteiger partial charge in [-0.2, -0.15) is 0 Å². The fourth-order valence-electron chi connectivity index (χ4n) is 2.49. The number of carbonyl (C=O) groups is 2. The lowest BCUT2D eigenvalue weighted by Gasteiger charge is -2.25. The number of rotatable bonds is 9. The fourth-order valence-corrected chi connectivity index (χ4v) is 2.49. The van der Waals surface area contributed by atoms with Crippen LogP contribution in [-0.2, 0) is 14.3 Å². The molecule has 0 radical (unpaired) electrons. The number of hydrogen-bond donors (Lipinski definition) is 0. The van der Waals surface area contributed by atoms with Crippen molar-refractivity contribution >= 4 is 11.9 Å². The van der Waals surface area contributed by atoms with Crippen LogP contribution in [0.1, 0.15) is 32.6 Å². The summed E-state index contributed by atoms with van der Waals surface area (Å²) in [5, 5.41) is 0. The van der Waals surface area contributed by atoms with Crippen LogP contribution in [-0.4, -0.2) is 43.1 Å². The molecule has 0 aliphatic heterocycles. The van der Waals surface area contributed by atoms with E-state index >= 15 is 0 Å². The maximum atomic E-state index is 12.4. The van der Waals surface area contributed by atoms with Gasteiger partial charge in [0.1, 0.15) is 5.75 Å². The summed E-state index contributed by atoms with van der Waals surface area (Å²) in [7, 11) is 1.38. The van der Waals surface area contributed by atoms with Crippen molar-refractivity contribution in [2.24, 2.45) is 5.92 Å². The number of carbonyl (C=O) groups excluding carboxylic acids is 2. The minimum atomic E-state index is -0.287. The second-order valence-corrected chi connectivity index (χ2v) is 5.97. The zero-order chi connectivity index (χ0) is 16.7. The topological polar surface area (TPSA) is 55.8 Å². The van der Waals surface area contributed by atoms with Gasteiger partial charge in [-0.15, -0.1) is 0 Å². The van der Waals surface area contributed by atoms with Gasteiger partial charge in [0.2, 0.25) is 5.91 Å². The first-order valence-electron chi connectivity index (χ1n) is 8.17. The van der Waals surface area contributed by atoms with Gasteiger partial charge in [0.15, 0.2) is 0 Å². The molecule has 1 aliphatic carbocycles. The molecule has 126 valence electrons. The molecular weight excluding hydrogens is 294 g/mol. The van der Waals surface area contributed by atoms with E-state index in [9.17, 15) is 9.59 Å². The molecule has 1 aliphatic rings. The number of para-hydroxylation sites is 1.